The van der Waals surface area contributed by atoms with Crippen molar-refractivity contribution >= 4 is 6.29 Å². The molecular weight excluding hydrogens is 359 g/mol. The van der Waals surface area contributed by atoms with E-state index in [0.29, 0.717) is 17.4 Å². The number of halogens is 3. The summed E-state index contributed by atoms with van der Waals surface area (Å²) in [6.45, 7) is 0. The van der Waals surface area contributed by atoms with Crippen LogP contribution in [0, 0.1) is 5.92 Å². The standard InChI is InChI=1S/C19H14F3N3O2/c20-19(21,22)27-16-7-5-15(6-8-16)25-11-23-18(24-25)13-3-1-12(2-4-13)17-9-14(17)10-26/h1-8,10-11,14,17H,9H2. The van der Waals surface area contributed by atoms with Gasteiger partial charge in [-0.15, -0.1) is 18.3 Å². The highest BCUT2D eigenvalue weighted by Gasteiger charge is 2.37. The number of aldehydes is 1. The van der Waals surface area contributed by atoms with Gasteiger partial charge in [-0.05, 0) is 42.2 Å². The van der Waals surface area contributed by atoms with Crippen molar-refractivity contribution in [3.05, 3.63) is 60.4 Å². The quantitative estimate of drug-likeness (QED) is 0.631. The van der Waals surface area contributed by atoms with E-state index in [9.17, 15) is 18.0 Å². The Morgan fingerprint density at radius 3 is 2.37 bits per heavy atom. The number of ether oxygens (including phenoxy) is 1. The van der Waals surface area contributed by atoms with E-state index in [0.717, 1.165) is 23.8 Å². The van der Waals surface area contributed by atoms with Crippen molar-refractivity contribution in [2.45, 2.75) is 18.7 Å². The number of hydrogen-bond donors (Lipinski definition) is 0. The van der Waals surface area contributed by atoms with Crippen molar-refractivity contribution in [2.24, 2.45) is 5.92 Å². The molecule has 0 aliphatic heterocycles. The van der Waals surface area contributed by atoms with Gasteiger partial charge in [0.15, 0.2) is 5.82 Å². The molecule has 1 aromatic heterocycles. The second-order valence-electron chi connectivity index (χ2n) is 6.32. The first-order valence-corrected chi connectivity index (χ1v) is 8.26. The topological polar surface area (TPSA) is 57.0 Å². The molecule has 0 spiro atoms. The summed E-state index contributed by atoms with van der Waals surface area (Å²) in [5, 5.41) is 4.36. The van der Waals surface area contributed by atoms with Gasteiger partial charge in [-0.2, -0.15) is 0 Å². The summed E-state index contributed by atoms with van der Waals surface area (Å²) >= 11 is 0. The lowest BCUT2D eigenvalue weighted by atomic mass is 10.1. The number of alkyl halides is 3. The molecule has 3 aromatic rings. The molecule has 0 radical (unpaired) electrons. The summed E-state index contributed by atoms with van der Waals surface area (Å²) in [6, 6.07) is 13.1. The van der Waals surface area contributed by atoms with Crippen LogP contribution in [0.1, 0.15) is 17.9 Å². The van der Waals surface area contributed by atoms with Gasteiger partial charge in [0.2, 0.25) is 0 Å². The van der Waals surface area contributed by atoms with E-state index in [4.69, 9.17) is 0 Å². The molecule has 0 N–H and O–H groups in total. The molecule has 4 rings (SSSR count). The molecule has 138 valence electrons. The molecule has 8 heteroatoms. The average molecular weight is 373 g/mol. The van der Waals surface area contributed by atoms with Crippen LogP contribution in [-0.4, -0.2) is 27.4 Å². The Morgan fingerprint density at radius 2 is 1.78 bits per heavy atom. The van der Waals surface area contributed by atoms with Crippen LogP contribution < -0.4 is 4.74 Å². The van der Waals surface area contributed by atoms with Gasteiger partial charge in [-0.25, -0.2) is 9.67 Å². The van der Waals surface area contributed by atoms with E-state index < -0.39 is 6.36 Å². The van der Waals surface area contributed by atoms with Gasteiger partial charge in [0.1, 0.15) is 18.4 Å². The van der Waals surface area contributed by atoms with E-state index in [1.165, 1.54) is 35.3 Å². The first-order valence-electron chi connectivity index (χ1n) is 8.26. The number of rotatable bonds is 5. The fraction of sp³-hybridized carbons (Fsp3) is 0.211. The fourth-order valence-electron chi connectivity index (χ4n) is 2.95. The third-order valence-electron chi connectivity index (χ3n) is 4.44. The zero-order valence-electron chi connectivity index (χ0n) is 13.9. The summed E-state index contributed by atoms with van der Waals surface area (Å²) < 4.78 is 42.0. The number of benzene rings is 2. The molecule has 2 atom stereocenters. The molecule has 1 heterocycles. The monoisotopic (exact) mass is 373 g/mol. The Labute approximate surface area is 152 Å². The van der Waals surface area contributed by atoms with Gasteiger partial charge in [0.05, 0.1) is 5.69 Å². The van der Waals surface area contributed by atoms with Crippen molar-refractivity contribution in [3.63, 3.8) is 0 Å². The van der Waals surface area contributed by atoms with Crippen molar-refractivity contribution in [2.75, 3.05) is 0 Å². The second kappa shape index (κ2) is 6.53. The minimum absolute atomic E-state index is 0.123. The highest BCUT2D eigenvalue weighted by atomic mass is 19.4. The van der Waals surface area contributed by atoms with E-state index in [2.05, 4.69) is 14.8 Å². The lowest BCUT2D eigenvalue weighted by molar-refractivity contribution is -0.274. The minimum atomic E-state index is -4.72. The molecular formula is C19H14F3N3O2. The first-order chi connectivity index (χ1) is 12.9. The number of carbonyl (C=O) groups is 1. The molecule has 27 heavy (non-hydrogen) atoms. The normalized spacial score (nSPS) is 18.9. The van der Waals surface area contributed by atoms with Crippen LogP contribution >= 0.6 is 0 Å². The van der Waals surface area contributed by atoms with Gasteiger partial charge < -0.3 is 9.53 Å². The molecule has 0 bridgehead atoms. The van der Waals surface area contributed by atoms with Crippen LogP contribution in [0.25, 0.3) is 17.1 Å². The molecule has 1 aliphatic carbocycles. The second-order valence-corrected chi connectivity index (χ2v) is 6.32. The Kier molecular flexibility index (Phi) is 4.18. The van der Waals surface area contributed by atoms with E-state index in [-0.39, 0.29) is 11.7 Å². The van der Waals surface area contributed by atoms with Gasteiger partial charge >= 0.3 is 6.36 Å². The average Bonchev–Trinajstić information content (AvgIpc) is 3.28. The van der Waals surface area contributed by atoms with Crippen LogP contribution in [0.5, 0.6) is 5.75 Å². The summed E-state index contributed by atoms with van der Waals surface area (Å²) in [5.74, 6) is 0.632. The Hall–Kier alpha value is -3.16. The number of carbonyl (C=O) groups excluding carboxylic acids is 1. The highest BCUT2D eigenvalue weighted by molar-refractivity contribution is 5.62. The van der Waals surface area contributed by atoms with Crippen molar-refractivity contribution in [1.82, 2.24) is 14.8 Å². The van der Waals surface area contributed by atoms with Crippen molar-refractivity contribution < 1.29 is 22.7 Å². The van der Waals surface area contributed by atoms with Crippen LogP contribution in [0.3, 0.4) is 0 Å². The van der Waals surface area contributed by atoms with Crippen LogP contribution in [-0.2, 0) is 4.79 Å². The van der Waals surface area contributed by atoms with Crippen LogP contribution in [0.15, 0.2) is 54.9 Å². The van der Waals surface area contributed by atoms with E-state index in [1.54, 1.807) is 0 Å². The number of hydrogen-bond acceptors (Lipinski definition) is 4. The lowest BCUT2D eigenvalue weighted by Crippen LogP contribution is -2.17. The molecule has 1 aliphatic rings. The molecule has 1 fully saturated rings. The molecule has 2 unspecified atom stereocenters. The first kappa shape index (κ1) is 17.3. The maximum atomic E-state index is 12.2. The molecule has 2 aromatic carbocycles. The van der Waals surface area contributed by atoms with E-state index in [1.807, 2.05) is 24.3 Å². The molecule has 0 amide bonds. The van der Waals surface area contributed by atoms with Gasteiger partial charge in [0, 0.05) is 11.5 Å². The fourth-order valence-corrected chi connectivity index (χ4v) is 2.95. The maximum absolute atomic E-state index is 12.2. The summed E-state index contributed by atoms with van der Waals surface area (Å²) in [6.07, 6.45) is -1.34. The third kappa shape index (κ3) is 3.84. The van der Waals surface area contributed by atoms with Gasteiger partial charge in [-0.3, -0.25) is 0 Å². The number of aromatic nitrogens is 3. The van der Waals surface area contributed by atoms with Crippen molar-refractivity contribution in [1.29, 1.82) is 0 Å². The van der Waals surface area contributed by atoms with Crippen LogP contribution in [0.2, 0.25) is 0 Å². The summed E-state index contributed by atoms with van der Waals surface area (Å²) in [5.41, 5.74) is 2.50. The Bertz CT molecular complexity index is 950. The van der Waals surface area contributed by atoms with Gasteiger partial charge in [0.25, 0.3) is 0 Å². The third-order valence-corrected chi connectivity index (χ3v) is 4.44. The molecule has 5 nitrogen and oxygen atoms in total. The van der Waals surface area contributed by atoms with Crippen molar-refractivity contribution in [3.8, 4) is 22.8 Å². The predicted octanol–water partition coefficient (Wildman–Crippen LogP) is 4.14. The maximum Gasteiger partial charge on any atom is 0.573 e. The Balaban J connectivity index is 1.49. The molecule has 1 saturated carbocycles. The zero-order chi connectivity index (χ0) is 19.0. The summed E-state index contributed by atoms with van der Waals surface area (Å²) in [4.78, 5) is 15.0. The van der Waals surface area contributed by atoms with Crippen LogP contribution in [0.4, 0.5) is 13.2 Å². The largest absolute Gasteiger partial charge is 0.573 e. The molecule has 0 saturated heterocycles. The Morgan fingerprint density at radius 1 is 1.07 bits per heavy atom. The minimum Gasteiger partial charge on any atom is -0.406 e. The zero-order valence-corrected chi connectivity index (χ0v) is 13.9. The van der Waals surface area contributed by atoms with E-state index >= 15 is 0 Å². The highest BCUT2D eigenvalue weighted by Crippen LogP contribution is 2.46. The van der Waals surface area contributed by atoms with Gasteiger partial charge in [-0.1, -0.05) is 24.3 Å². The predicted molar refractivity (Wildman–Crippen MR) is 90.4 cm³/mol. The lowest BCUT2D eigenvalue weighted by Gasteiger charge is -2.09. The summed E-state index contributed by atoms with van der Waals surface area (Å²) in [7, 11) is 0. The smallest absolute Gasteiger partial charge is 0.406 e. The SMILES string of the molecule is O=CC1CC1c1ccc(-c2ncn(-c3ccc(OC(F)(F)F)cc3)n2)cc1. The number of nitrogens with zero attached hydrogens (tertiary/aromatic N) is 3.